The van der Waals surface area contributed by atoms with Gasteiger partial charge in [-0.3, -0.25) is 9.59 Å². The molecule has 0 aliphatic heterocycles. The van der Waals surface area contributed by atoms with Crippen molar-refractivity contribution in [2.24, 2.45) is 5.92 Å². The summed E-state index contributed by atoms with van der Waals surface area (Å²) in [6.45, 7) is 1.23. The zero-order chi connectivity index (χ0) is 13.3. The normalized spacial score (nSPS) is 25.3. The summed E-state index contributed by atoms with van der Waals surface area (Å²) in [6, 6.07) is 0. The molecular weight excluding hydrogens is 244 g/mol. The molecule has 1 rings (SSSR count). The number of carbonyl (C=O) groups excluding carboxylic acids is 1. The minimum absolute atomic E-state index is 0.0207. The van der Waals surface area contributed by atoms with Crippen LogP contribution in [0.25, 0.3) is 0 Å². The molecule has 0 radical (unpaired) electrons. The highest BCUT2D eigenvalue weighted by Gasteiger charge is 2.45. The smallest absolute Gasteiger partial charge is 0.324 e. The molecular formula is C11H18O5S. The van der Waals surface area contributed by atoms with E-state index < -0.39 is 20.6 Å². The maximum absolute atomic E-state index is 11.6. The molecule has 2 unspecified atom stereocenters. The highest BCUT2D eigenvalue weighted by Crippen LogP contribution is 2.33. The van der Waals surface area contributed by atoms with E-state index in [0.717, 1.165) is 19.1 Å². The van der Waals surface area contributed by atoms with Crippen molar-refractivity contribution in [2.75, 3.05) is 6.26 Å². The van der Waals surface area contributed by atoms with Crippen LogP contribution in [0, 0.1) is 5.92 Å². The van der Waals surface area contributed by atoms with Gasteiger partial charge in [0.2, 0.25) is 0 Å². The number of rotatable bonds is 4. The van der Waals surface area contributed by atoms with Crippen LogP contribution in [0.5, 0.6) is 0 Å². The molecule has 0 aromatic heterocycles. The molecule has 0 spiro atoms. The summed E-state index contributed by atoms with van der Waals surface area (Å²) in [5.41, 5.74) is 0. The molecule has 0 heterocycles. The number of carboxylic acids is 1. The minimum atomic E-state index is -3.69. The molecule has 0 bridgehead atoms. The van der Waals surface area contributed by atoms with Crippen LogP contribution in [-0.4, -0.2) is 36.3 Å². The lowest BCUT2D eigenvalue weighted by Gasteiger charge is -2.29. The van der Waals surface area contributed by atoms with E-state index in [1.165, 1.54) is 6.92 Å². The van der Waals surface area contributed by atoms with Gasteiger partial charge in [0.1, 0.15) is 5.78 Å². The minimum Gasteiger partial charge on any atom is -0.480 e. The van der Waals surface area contributed by atoms with Crippen molar-refractivity contribution in [1.29, 1.82) is 0 Å². The summed E-state index contributed by atoms with van der Waals surface area (Å²) in [5, 5.41) is 9.10. The topological polar surface area (TPSA) is 88.5 Å². The van der Waals surface area contributed by atoms with Crippen LogP contribution in [0.3, 0.4) is 0 Å². The SMILES string of the molecule is CC(CC1CCCC(=O)C1)(C(=O)O)S(C)(=O)=O. The molecule has 5 nitrogen and oxygen atoms in total. The maximum Gasteiger partial charge on any atom is 0.324 e. The van der Waals surface area contributed by atoms with E-state index in [9.17, 15) is 18.0 Å². The second-order valence-electron chi connectivity index (χ2n) is 5.01. The van der Waals surface area contributed by atoms with E-state index in [4.69, 9.17) is 5.11 Å². The molecule has 0 aromatic carbocycles. The number of carbonyl (C=O) groups is 2. The van der Waals surface area contributed by atoms with E-state index in [1.807, 2.05) is 0 Å². The van der Waals surface area contributed by atoms with Crippen molar-refractivity contribution in [3.05, 3.63) is 0 Å². The van der Waals surface area contributed by atoms with Crippen LogP contribution in [0.1, 0.15) is 39.0 Å². The summed E-state index contributed by atoms with van der Waals surface area (Å²) in [5.74, 6) is -1.37. The monoisotopic (exact) mass is 262 g/mol. The summed E-state index contributed by atoms with van der Waals surface area (Å²) in [4.78, 5) is 22.4. The first-order valence-corrected chi connectivity index (χ1v) is 7.50. The van der Waals surface area contributed by atoms with Crippen molar-refractivity contribution >= 4 is 21.6 Å². The van der Waals surface area contributed by atoms with E-state index in [0.29, 0.717) is 12.8 Å². The van der Waals surface area contributed by atoms with Gasteiger partial charge in [-0.15, -0.1) is 0 Å². The lowest BCUT2D eigenvalue weighted by molar-refractivity contribution is -0.140. The molecule has 0 saturated heterocycles. The second kappa shape index (κ2) is 4.76. The van der Waals surface area contributed by atoms with Gasteiger partial charge in [-0.2, -0.15) is 0 Å². The van der Waals surface area contributed by atoms with Gasteiger partial charge in [-0.25, -0.2) is 8.42 Å². The van der Waals surface area contributed by atoms with Crippen LogP contribution in [-0.2, 0) is 19.4 Å². The van der Waals surface area contributed by atoms with Crippen LogP contribution in [0.2, 0.25) is 0 Å². The van der Waals surface area contributed by atoms with E-state index in [1.54, 1.807) is 0 Å². The van der Waals surface area contributed by atoms with E-state index in [2.05, 4.69) is 0 Å². The van der Waals surface area contributed by atoms with Crippen LogP contribution in [0.15, 0.2) is 0 Å². The van der Waals surface area contributed by atoms with Crippen molar-refractivity contribution in [3.63, 3.8) is 0 Å². The molecule has 1 aliphatic carbocycles. The van der Waals surface area contributed by atoms with Crippen molar-refractivity contribution in [1.82, 2.24) is 0 Å². The molecule has 17 heavy (non-hydrogen) atoms. The Labute approximate surface area is 101 Å². The van der Waals surface area contributed by atoms with Gasteiger partial charge in [-0.1, -0.05) is 0 Å². The van der Waals surface area contributed by atoms with Crippen LogP contribution >= 0.6 is 0 Å². The number of carboxylic acid groups (broad SMARTS) is 1. The Morgan fingerprint density at radius 1 is 1.53 bits per heavy atom. The number of sulfone groups is 1. The van der Waals surface area contributed by atoms with Gasteiger partial charge in [0, 0.05) is 19.1 Å². The number of hydrogen-bond donors (Lipinski definition) is 1. The largest absolute Gasteiger partial charge is 0.480 e. The van der Waals surface area contributed by atoms with Gasteiger partial charge in [0.25, 0.3) is 0 Å². The first-order chi connectivity index (χ1) is 7.67. The van der Waals surface area contributed by atoms with Gasteiger partial charge in [-0.05, 0) is 32.1 Å². The molecule has 1 aliphatic rings. The molecule has 1 saturated carbocycles. The van der Waals surface area contributed by atoms with Gasteiger partial charge in [0.15, 0.2) is 14.6 Å². The predicted molar refractivity (Wildman–Crippen MR) is 62.5 cm³/mol. The van der Waals surface area contributed by atoms with Gasteiger partial charge in [0.05, 0.1) is 0 Å². The molecule has 0 aromatic rings. The summed E-state index contributed by atoms with van der Waals surface area (Å²) >= 11 is 0. The number of hydrogen-bond acceptors (Lipinski definition) is 4. The molecule has 2 atom stereocenters. The van der Waals surface area contributed by atoms with Gasteiger partial charge < -0.3 is 5.11 Å². The fraction of sp³-hybridized carbons (Fsp3) is 0.818. The van der Waals surface area contributed by atoms with E-state index in [-0.39, 0.29) is 18.1 Å². The first-order valence-electron chi connectivity index (χ1n) is 5.61. The Morgan fingerprint density at radius 3 is 2.53 bits per heavy atom. The highest BCUT2D eigenvalue weighted by molar-refractivity contribution is 7.92. The van der Waals surface area contributed by atoms with E-state index >= 15 is 0 Å². The lowest BCUT2D eigenvalue weighted by atomic mass is 9.82. The standard InChI is InChI=1S/C11H18O5S/c1-11(10(13)14,17(2,15)16)7-8-4-3-5-9(12)6-8/h8H,3-7H2,1-2H3,(H,13,14). The fourth-order valence-corrected chi connectivity index (χ4v) is 3.09. The summed E-state index contributed by atoms with van der Waals surface area (Å²) < 4.78 is 21.4. The number of aliphatic carboxylic acids is 1. The zero-order valence-corrected chi connectivity index (χ0v) is 10.9. The molecule has 0 amide bonds. The average molecular weight is 262 g/mol. The summed E-state index contributed by atoms with van der Waals surface area (Å²) in [6.07, 6.45) is 3.24. The third-order valence-electron chi connectivity index (χ3n) is 3.53. The Balaban J connectivity index is 2.88. The second-order valence-corrected chi connectivity index (χ2v) is 7.46. The Hall–Kier alpha value is -0.910. The molecule has 6 heteroatoms. The number of ketones is 1. The lowest BCUT2D eigenvalue weighted by Crippen LogP contribution is -2.45. The summed E-state index contributed by atoms with van der Waals surface area (Å²) in [7, 11) is -3.69. The highest BCUT2D eigenvalue weighted by atomic mass is 32.2. The van der Waals surface area contributed by atoms with Crippen molar-refractivity contribution in [3.8, 4) is 0 Å². The van der Waals surface area contributed by atoms with Crippen LogP contribution < -0.4 is 0 Å². The number of Topliss-reactive ketones (excluding diaryl/α,β-unsaturated/α-hetero) is 1. The molecule has 1 N–H and O–H groups in total. The Bertz CT molecular complexity index is 425. The fourth-order valence-electron chi connectivity index (χ4n) is 2.24. The van der Waals surface area contributed by atoms with Crippen LogP contribution in [0.4, 0.5) is 0 Å². The van der Waals surface area contributed by atoms with Crippen molar-refractivity contribution < 1.29 is 23.1 Å². The average Bonchev–Trinajstić information content (AvgIpc) is 2.15. The maximum atomic E-state index is 11.6. The van der Waals surface area contributed by atoms with Crippen molar-refractivity contribution in [2.45, 2.75) is 43.8 Å². The quantitative estimate of drug-likeness (QED) is 0.817. The predicted octanol–water partition coefficient (Wildman–Crippen LogP) is 1.02. The molecule has 98 valence electrons. The third kappa shape index (κ3) is 3.06. The first kappa shape index (κ1) is 14.2. The third-order valence-corrected chi connectivity index (χ3v) is 5.51. The molecule has 1 fully saturated rings. The Kier molecular flexibility index (Phi) is 3.96. The Morgan fingerprint density at radius 2 is 2.12 bits per heavy atom. The van der Waals surface area contributed by atoms with Gasteiger partial charge >= 0.3 is 5.97 Å². The zero-order valence-electron chi connectivity index (χ0n) is 10.1.